The van der Waals surface area contributed by atoms with Crippen LogP contribution in [0.25, 0.3) is 10.8 Å². The number of hydrogen-bond donors (Lipinski definition) is 1. The van der Waals surface area contributed by atoms with E-state index < -0.39 is 0 Å². The van der Waals surface area contributed by atoms with Crippen LogP contribution in [-0.4, -0.2) is 15.7 Å². The van der Waals surface area contributed by atoms with E-state index in [-0.39, 0.29) is 17.5 Å². The molecule has 1 N–H and O–H groups in total. The molecule has 0 spiro atoms. The van der Waals surface area contributed by atoms with E-state index >= 15 is 0 Å². The molecule has 1 amide bonds. The largest absolute Gasteiger partial charge is 0.344 e. The van der Waals surface area contributed by atoms with Crippen molar-refractivity contribution >= 4 is 16.7 Å². The molecule has 5 nitrogen and oxygen atoms in total. The maximum absolute atomic E-state index is 13.3. The molecule has 0 aliphatic heterocycles. The number of aromatic nitrogens is 2. The average molecular weight is 375 g/mol. The van der Waals surface area contributed by atoms with E-state index in [0.717, 1.165) is 18.4 Å². The maximum atomic E-state index is 13.3. The van der Waals surface area contributed by atoms with Crippen molar-refractivity contribution in [3.05, 3.63) is 76.2 Å². The molecule has 5 heteroatoms. The molecule has 0 radical (unpaired) electrons. The third-order valence-electron chi connectivity index (χ3n) is 5.74. The van der Waals surface area contributed by atoms with Gasteiger partial charge in [0.15, 0.2) is 5.69 Å². The Kier molecular flexibility index (Phi) is 5.24. The van der Waals surface area contributed by atoms with Crippen LogP contribution in [0.15, 0.2) is 59.4 Å². The minimum atomic E-state index is -0.230. The first-order chi connectivity index (χ1) is 13.6. The summed E-state index contributed by atoms with van der Waals surface area (Å²) in [4.78, 5) is 25.6. The Labute approximate surface area is 164 Å². The van der Waals surface area contributed by atoms with Crippen molar-refractivity contribution in [2.45, 2.75) is 38.1 Å². The Hall–Kier alpha value is -2.95. The number of hydrogen-bond acceptors (Lipinski definition) is 3. The average Bonchev–Trinajstić information content (AvgIpc) is 2.75. The van der Waals surface area contributed by atoms with Gasteiger partial charge in [0.2, 0.25) is 0 Å². The quantitative estimate of drug-likeness (QED) is 0.750. The van der Waals surface area contributed by atoms with E-state index in [1.165, 1.54) is 23.9 Å². The standard InChI is InChI=1S/C23H25N3O2/c1-26-23(28)19-15-9-8-14-18(19)21(25-26)22(27)24-20(16-10-4-2-5-11-16)17-12-6-3-7-13-17/h2,4-5,8-11,14-15,17,20H,3,6-7,12-13H2,1H3,(H,24,27). The fourth-order valence-corrected chi connectivity index (χ4v) is 4.28. The molecule has 28 heavy (non-hydrogen) atoms. The lowest BCUT2D eigenvalue weighted by Crippen LogP contribution is -2.36. The van der Waals surface area contributed by atoms with Gasteiger partial charge in [0.25, 0.3) is 11.5 Å². The molecule has 1 atom stereocenters. The van der Waals surface area contributed by atoms with Gasteiger partial charge in [-0.05, 0) is 30.4 Å². The van der Waals surface area contributed by atoms with Gasteiger partial charge in [-0.3, -0.25) is 9.59 Å². The number of benzene rings is 2. The second-order valence-electron chi connectivity index (χ2n) is 7.58. The molecule has 1 aliphatic rings. The summed E-state index contributed by atoms with van der Waals surface area (Å²) in [6, 6.07) is 17.3. The number of carbonyl (C=O) groups excluding carboxylic acids is 1. The lowest BCUT2D eigenvalue weighted by atomic mass is 9.81. The molecule has 2 aromatic carbocycles. The van der Waals surface area contributed by atoms with Crippen molar-refractivity contribution in [3.63, 3.8) is 0 Å². The number of fused-ring (bicyclic) bond motifs is 1. The summed E-state index contributed by atoms with van der Waals surface area (Å²) < 4.78 is 1.25. The molecule has 0 bridgehead atoms. The molecule has 1 fully saturated rings. The van der Waals surface area contributed by atoms with Crippen LogP contribution in [0.4, 0.5) is 0 Å². The highest BCUT2D eigenvalue weighted by molar-refractivity contribution is 6.04. The maximum Gasteiger partial charge on any atom is 0.274 e. The SMILES string of the molecule is Cn1nc(C(=O)NC(c2ccccc2)C2CCCCC2)c2ccccc2c1=O. The summed E-state index contributed by atoms with van der Waals surface area (Å²) in [7, 11) is 1.58. The minimum absolute atomic E-state index is 0.0493. The number of rotatable bonds is 4. The van der Waals surface area contributed by atoms with Crippen LogP contribution in [-0.2, 0) is 7.05 Å². The van der Waals surface area contributed by atoms with Gasteiger partial charge in [-0.1, -0.05) is 67.8 Å². The first-order valence-electron chi connectivity index (χ1n) is 9.97. The number of carbonyl (C=O) groups is 1. The Morgan fingerprint density at radius 2 is 1.64 bits per heavy atom. The fraction of sp³-hybridized carbons (Fsp3) is 0.348. The third-order valence-corrected chi connectivity index (χ3v) is 5.74. The zero-order chi connectivity index (χ0) is 19.5. The molecule has 1 saturated carbocycles. The summed E-state index contributed by atoms with van der Waals surface area (Å²) in [5.41, 5.74) is 1.23. The smallest absolute Gasteiger partial charge is 0.274 e. The van der Waals surface area contributed by atoms with E-state index in [2.05, 4.69) is 22.5 Å². The van der Waals surface area contributed by atoms with Crippen molar-refractivity contribution < 1.29 is 4.79 Å². The summed E-state index contributed by atoms with van der Waals surface area (Å²) in [6.45, 7) is 0. The number of amides is 1. The zero-order valence-electron chi connectivity index (χ0n) is 16.1. The lowest BCUT2D eigenvalue weighted by Gasteiger charge is -2.31. The van der Waals surface area contributed by atoms with E-state index in [4.69, 9.17) is 0 Å². The van der Waals surface area contributed by atoms with Crippen molar-refractivity contribution in [3.8, 4) is 0 Å². The molecule has 0 saturated heterocycles. The predicted octanol–water partition coefficient (Wildman–Crippen LogP) is 3.98. The molecule has 3 aromatic rings. The summed E-state index contributed by atoms with van der Waals surface area (Å²) in [5.74, 6) is 0.185. The summed E-state index contributed by atoms with van der Waals surface area (Å²) >= 11 is 0. The lowest BCUT2D eigenvalue weighted by molar-refractivity contribution is 0.0907. The van der Waals surface area contributed by atoms with E-state index in [1.807, 2.05) is 24.3 Å². The minimum Gasteiger partial charge on any atom is -0.344 e. The highest BCUT2D eigenvalue weighted by Gasteiger charge is 2.28. The van der Waals surface area contributed by atoms with Gasteiger partial charge in [-0.15, -0.1) is 0 Å². The van der Waals surface area contributed by atoms with Gasteiger partial charge in [0, 0.05) is 12.4 Å². The summed E-state index contributed by atoms with van der Waals surface area (Å²) in [6.07, 6.45) is 5.89. The van der Waals surface area contributed by atoms with Gasteiger partial charge < -0.3 is 5.32 Å². The number of nitrogens with one attached hydrogen (secondary N) is 1. The third kappa shape index (κ3) is 3.57. The Balaban J connectivity index is 1.71. The molecule has 4 rings (SSSR count). The van der Waals surface area contributed by atoms with Crippen LogP contribution in [0, 0.1) is 5.92 Å². The van der Waals surface area contributed by atoms with Crippen LogP contribution in [0.5, 0.6) is 0 Å². The fourth-order valence-electron chi connectivity index (χ4n) is 4.28. The molecular weight excluding hydrogens is 350 g/mol. The molecule has 1 aromatic heterocycles. The molecule has 144 valence electrons. The van der Waals surface area contributed by atoms with Gasteiger partial charge in [0.1, 0.15) is 0 Å². The van der Waals surface area contributed by atoms with Crippen LogP contribution in [0.3, 0.4) is 0 Å². The van der Waals surface area contributed by atoms with Gasteiger partial charge >= 0.3 is 0 Å². The van der Waals surface area contributed by atoms with Gasteiger partial charge in [0.05, 0.1) is 11.4 Å². The van der Waals surface area contributed by atoms with Gasteiger partial charge in [-0.2, -0.15) is 5.10 Å². The Bertz CT molecular complexity index is 1040. The van der Waals surface area contributed by atoms with Crippen LogP contribution < -0.4 is 10.9 Å². The first kappa shape index (κ1) is 18.4. The second-order valence-corrected chi connectivity index (χ2v) is 7.58. The highest BCUT2D eigenvalue weighted by Crippen LogP contribution is 2.34. The van der Waals surface area contributed by atoms with E-state index in [9.17, 15) is 9.59 Å². The molecule has 1 unspecified atom stereocenters. The van der Waals surface area contributed by atoms with Gasteiger partial charge in [-0.25, -0.2) is 4.68 Å². The molecule has 1 aliphatic carbocycles. The Morgan fingerprint density at radius 3 is 2.36 bits per heavy atom. The van der Waals surface area contributed by atoms with Crippen molar-refractivity contribution in [1.82, 2.24) is 15.1 Å². The predicted molar refractivity (Wildman–Crippen MR) is 110 cm³/mol. The highest BCUT2D eigenvalue weighted by atomic mass is 16.2. The van der Waals surface area contributed by atoms with E-state index in [0.29, 0.717) is 22.4 Å². The summed E-state index contributed by atoms with van der Waals surface area (Å²) in [5, 5.41) is 8.64. The Morgan fingerprint density at radius 1 is 1.00 bits per heavy atom. The zero-order valence-corrected chi connectivity index (χ0v) is 16.1. The number of nitrogens with zero attached hydrogens (tertiary/aromatic N) is 2. The second kappa shape index (κ2) is 7.97. The molecular formula is C23H25N3O2. The van der Waals surface area contributed by atoms with Crippen molar-refractivity contribution in [2.75, 3.05) is 0 Å². The van der Waals surface area contributed by atoms with E-state index in [1.54, 1.807) is 25.2 Å². The van der Waals surface area contributed by atoms with Crippen molar-refractivity contribution in [1.29, 1.82) is 0 Å². The van der Waals surface area contributed by atoms with Crippen LogP contribution >= 0.6 is 0 Å². The van der Waals surface area contributed by atoms with Crippen LogP contribution in [0.2, 0.25) is 0 Å². The monoisotopic (exact) mass is 375 g/mol. The topological polar surface area (TPSA) is 64.0 Å². The molecule has 1 heterocycles. The normalized spacial score (nSPS) is 16.0. The van der Waals surface area contributed by atoms with Crippen LogP contribution in [0.1, 0.15) is 54.2 Å². The number of aryl methyl sites for hydroxylation is 1. The first-order valence-corrected chi connectivity index (χ1v) is 9.97. The van der Waals surface area contributed by atoms with Crippen molar-refractivity contribution in [2.24, 2.45) is 13.0 Å².